The maximum absolute atomic E-state index is 13.1. The van der Waals surface area contributed by atoms with Gasteiger partial charge >= 0.3 is 0 Å². The van der Waals surface area contributed by atoms with E-state index in [9.17, 15) is 9.18 Å². The fraction of sp³-hybridized carbons (Fsp3) is 0.0714. The van der Waals surface area contributed by atoms with Crippen molar-refractivity contribution in [1.29, 1.82) is 0 Å². The third-order valence-corrected chi connectivity index (χ3v) is 3.31. The van der Waals surface area contributed by atoms with Crippen molar-refractivity contribution in [3.8, 4) is 0 Å². The van der Waals surface area contributed by atoms with E-state index in [2.05, 4.69) is 21.2 Å². The molecule has 2 nitrogen and oxygen atoms in total. The molecule has 0 bridgehead atoms. The van der Waals surface area contributed by atoms with Crippen LogP contribution in [0, 0.1) is 12.7 Å². The first kappa shape index (κ1) is 14.0. The standard InChI is InChI=1S/C14H10BrClFNO/c1-8-4-9(6-10(16)5-8)14(19)18-11-2-3-13(17)12(15)7-11/h2-7H,1H3,(H,18,19). The van der Waals surface area contributed by atoms with Gasteiger partial charge in [-0.1, -0.05) is 11.6 Å². The van der Waals surface area contributed by atoms with Crippen LogP contribution in [0.3, 0.4) is 0 Å². The first-order valence-corrected chi connectivity index (χ1v) is 6.66. The average molecular weight is 343 g/mol. The zero-order valence-corrected chi connectivity index (χ0v) is 12.3. The number of nitrogens with one attached hydrogen (secondary N) is 1. The van der Waals surface area contributed by atoms with Gasteiger partial charge in [-0.3, -0.25) is 4.79 Å². The first-order chi connectivity index (χ1) is 8.95. The molecule has 98 valence electrons. The molecule has 1 N–H and O–H groups in total. The molecule has 0 atom stereocenters. The van der Waals surface area contributed by atoms with E-state index in [0.29, 0.717) is 20.7 Å². The van der Waals surface area contributed by atoms with Crippen molar-refractivity contribution in [3.05, 3.63) is 62.8 Å². The third-order valence-electron chi connectivity index (χ3n) is 2.48. The molecule has 0 aromatic heterocycles. The highest BCUT2D eigenvalue weighted by Gasteiger charge is 2.09. The largest absolute Gasteiger partial charge is 0.322 e. The summed E-state index contributed by atoms with van der Waals surface area (Å²) in [4.78, 5) is 12.0. The molecule has 0 heterocycles. The van der Waals surface area contributed by atoms with Crippen LogP contribution >= 0.6 is 27.5 Å². The monoisotopic (exact) mass is 341 g/mol. The van der Waals surface area contributed by atoms with Crippen LogP contribution < -0.4 is 5.32 Å². The van der Waals surface area contributed by atoms with Crippen molar-refractivity contribution >= 4 is 39.1 Å². The van der Waals surface area contributed by atoms with Gasteiger partial charge < -0.3 is 5.32 Å². The Balaban J connectivity index is 2.22. The number of carbonyl (C=O) groups is 1. The van der Waals surface area contributed by atoms with E-state index in [1.165, 1.54) is 18.2 Å². The lowest BCUT2D eigenvalue weighted by atomic mass is 10.1. The topological polar surface area (TPSA) is 29.1 Å². The summed E-state index contributed by atoms with van der Waals surface area (Å²) in [5, 5.41) is 3.19. The number of amides is 1. The van der Waals surface area contributed by atoms with Crippen LogP contribution in [0.15, 0.2) is 40.9 Å². The number of rotatable bonds is 2. The number of hydrogen-bond acceptors (Lipinski definition) is 1. The number of benzene rings is 2. The van der Waals surface area contributed by atoms with Crippen LogP contribution in [-0.2, 0) is 0 Å². The van der Waals surface area contributed by atoms with Crippen LogP contribution in [0.4, 0.5) is 10.1 Å². The van der Waals surface area contributed by atoms with Crippen LogP contribution in [0.1, 0.15) is 15.9 Å². The molecule has 0 aliphatic heterocycles. The molecular weight excluding hydrogens is 333 g/mol. The highest BCUT2D eigenvalue weighted by molar-refractivity contribution is 9.10. The van der Waals surface area contributed by atoms with Gasteiger partial charge in [0.15, 0.2) is 0 Å². The molecule has 0 radical (unpaired) electrons. The van der Waals surface area contributed by atoms with Crippen molar-refractivity contribution in [2.24, 2.45) is 0 Å². The fourth-order valence-electron chi connectivity index (χ4n) is 1.64. The molecule has 0 saturated heterocycles. The molecule has 0 fully saturated rings. The fourth-order valence-corrected chi connectivity index (χ4v) is 2.31. The minimum atomic E-state index is -0.378. The van der Waals surface area contributed by atoms with E-state index in [0.717, 1.165) is 5.56 Å². The Morgan fingerprint density at radius 1 is 1.26 bits per heavy atom. The third kappa shape index (κ3) is 3.55. The van der Waals surface area contributed by atoms with E-state index >= 15 is 0 Å². The van der Waals surface area contributed by atoms with Gasteiger partial charge in [0.2, 0.25) is 0 Å². The van der Waals surface area contributed by atoms with Gasteiger partial charge in [0.1, 0.15) is 5.82 Å². The number of halogens is 3. The molecule has 0 saturated carbocycles. The van der Waals surface area contributed by atoms with E-state index in [-0.39, 0.29) is 11.7 Å². The summed E-state index contributed by atoms with van der Waals surface area (Å²) in [5.74, 6) is -0.666. The number of aryl methyl sites for hydroxylation is 1. The maximum atomic E-state index is 13.1. The molecule has 0 aliphatic carbocycles. The molecule has 19 heavy (non-hydrogen) atoms. The summed E-state index contributed by atoms with van der Waals surface area (Å²) in [7, 11) is 0. The lowest BCUT2D eigenvalue weighted by Gasteiger charge is -2.07. The summed E-state index contributed by atoms with van der Waals surface area (Å²) >= 11 is 8.97. The van der Waals surface area contributed by atoms with Gasteiger partial charge in [0, 0.05) is 16.3 Å². The summed E-state index contributed by atoms with van der Waals surface area (Å²) in [6.07, 6.45) is 0. The summed E-state index contributed by atoms with van der Waals surface area (Å²) in [6, 6.07) is 9.37. The Hall–Kier alpha value is -1.39. The van der Waals surface area contributed by atoms with Crippen LogP contribution in [0.25, 0.3) is 0 Å². The van der Waals surface area contributed by atoms with Crippen molar-refractivity contribution in [3.63, 3.8) is 0 Å². The Morgan fingerprint density at radius 3 is 2.63 bits per heavy atom. The van der Waals surface area contributed by atoms with E-state index in [1.807, 2.05) is 6.92 Å². The molecule has 1 amide bonds. The lowest BCUT2D eigenvalue weighted by Crippen LogP contribution is -2.12. The summed E-state index contributed by atoms with van der Waals surface area (Å²) in [5.41, 5.74) is 1.87. The van der Waals surface area contributed by atoms with Crippen molar-refractivity contribution in [1.82, 2.24) is 0 Å². The van der Waals surface area contributed by atoms with Crippen LogP contribution in [-0.4, -0.2) is 5.91 Å². The Labute approximate surface area is 123 Å². The molecule has 0 unspecified atom stereocenters. The normalized spacial score (nSPS) is 10.3. The number of anilines is 1. The Bertz CT molecular complexity index is 625. The van der Waals surface area contributed by atoms with Crippen LogP contribution in [0.5, 0.6) is 0 Å². The van der Waals surface area contributed by atoms with Gasteiger partial charge in [-0.05, 0) is 64.8 Å². The molecule has 2 aromatic carbocycles. The second-order valence-electron chi connectivity index (χ2n) is 4.10. The SMILES string of the molecule is Cc1cc(Cl)cc(C(=O)Nc2ccc(F)c(Br)c2)c1. The minimum absolute atomic E-state index is 0.288. The second kappa shape index (κ2) is 5.72. The van der Waals surface area contributed by atoms with E-state index in [1.54, 1.807) is 18.2 Å². The molecule has 2 rings (SSSR count). The van der Waals surface area contributed by atoms with Crippen molar-refractivity contribution in [2.75, 3.05) is 5.32 Å². The average Bonchev–Trinajstić information content (AvgIpc) is 2.32. The van der Waals surface area contributed by atoms with Gasteiger partial charge in [0.05, 0.1) is 4.47 Å². The molecule has 2 aromatic rings. The number of carbonyl (C=O) groups excluding carboxylic acids is 1. The van der Waals surface area contributed by atoms with Gasteiger partial charge in [-0.15, -0.1) is 0 Å². The highest BCUT2D eigenvalue weighted by Crippen LogP contribution is 2.21. The van der Waals surface area contributed by atoms with Crippen LogP contribution in [0.2, 0.25) is 5.02 Å². The smallest absolute Gasteiger partial charge is 0.255 e. The maximum Gasteiger partial charge on any atom is 0.255 e. The van der Waals surface area contributed by atoms with Crippen molar-refractivity contribution < 1.29 is 9.18 Å². The van der Waals surface area contributed by atoms with Crippen molar-refractivity contribution in [2.45, 2.75) is 6.92 Å². The molecule has 0 aliphatic rings. The first-order valence-electron chi connectivity index (χ1n) is 5.49. The zero-order valence-electron chi connectivity index (χ0n) is 10.0. The predicted octanol–water partition coefficient (Wildman–Crippen LogP) is 4.80. The van der Waals surface area contributed by atoms with Gasteiger partial charge in [0.25, 0.3) is 5.91 Å². The zero-order chi connectivity index (χ0) is 14.0. The highest BCUT2D eigenvalue weighted by atomic mass is 79.9. The van der Waals surface area contributed by atoms with Gasteiger partial charge in [-0.25, -0.2) is 4.39 Å². The van der Waals surface area contributed by atoms with E-state index in [4.69, 9.17) is 11.6 Å². The predicted molar refractivity (Wildman–Crippen MR) is 78.2 cm³/mol. The quantitative estimate of drug-likeness (QED) is 0.834. The lowest BCUT2D eigenvalue weighted by molar-refractivity contribution is 0.102. The minimum Gasteiger partial charge on any atom is -0.322 e. The van der Waals surface area contributed by atoms with Gasteiger partial charge in [-0.2, -0.15) is 0 Å². The molecule has 5 heteroatoms. The summed E-state index contributed by atoms with van der Waals surface area (Å²) < 4.78 is 13.4. The Kier molecular flexibility index (Phi) is 4.22. The summed E-state index contributed by atoms with van der Waals surface area (Å²) in [6.45, 7) is 1.86. The second-order valence-corrected chi connectivity index (χ2v) is 5.39. The molecule has 0 spiro atoms. The molecular formula is C14H10BrClFNO. The number of hydrogen-bond donors (Lipinski definition) is 1. The Morgan fingerprint density at radius 2 is 2.00 bits per heavy atom. The van der Waals surface area contributed by atoms with E-state index < -0.39 is 0 Å².